The van der Waals surface area contributed by atoms with Gasteiger partial charge in [0.05, 0.1) is 24.5 Å². The maximum Gasteiger partial charge on any atom is 0.335 e. The highest BCUT2D eigenvalue weighted by atomic mass is 35.5. The largest absolute Gasteiger partial charge is 0.478 e. The molecule has 1 aliphatic heterocycles. The van der Waals surface area contributed by atoms with E-state index in [1.807, 2.05) is 0 Å². The number of ether oxygens (including phenoxy) is 1. The van der Waals surface area contributed by atoms with Gasteiger partial charge < -0.3 is 14.7 Å². The summed E-state index contributed by atoms with van der Waals surface area (Å²) in [7, 11) is 0. The third-order valence-corrected chi connectivity index (χ3v) is 5.62. The Kier molecular flexibility index (Phi) is 6.39. The first kappa shape index (κ1) is 21.8. The molecule has 6 nitrogen and oxygen atoms in total. The van der Waals surface area contributed by atoms with E-state index < -0.39 is 11.9 Å². The average molecular weight is 455 g/mol. The van der Waals surface area contributed by atoms with E-state index >= 15 is 0 Å². The second-order valence-electron chi connectivity index (χ2n) is 7.28. The zero-order valence-corrected chi connectivity index (χ0v) is 17.8. The highest BCUT2D eigenvalue weighted by Gasteiger charge is 2.20. The van der Waals surface area contributed by atoms with Crippen molar-refractivity contribution in [2.24, 2.45) is 0 Å². The van der Waals surface area contributed by atoms with Crippen LogP contribution in [0.25, 0.3) is 11.1 Å². The lowest BCUT2D eigenvalue weighted by molar-refractivity contribution is 0.0696. The van der Waals surface area contributed by atoms with Crippen molar-refractivity contribution in [2.75, 3.05) is 36.3 Å². The van der Waals surface area contributed by atoms with Gasteiger partial charge in [-0.1, -0.05) is 28.2 Å². The lowest BCUT2D eigenvalue weighted by atomic mass is 10.0. The maximum absolute atomic E-state index is 14.9. The molecule has 0 radical (unpaired) electrons. The van der Waals surface area contributed by atoms with Crippen LogP contribution in [0.2, 0.25) is 5.02 Å². The van der Waals surface area contributed by atoms with Gasteiger partial charge in [-0.25, -0.2) is 4.79 Å². The zero-order chi connectivity index (χ0) is 22.7. The number of amides is 1. The minimum absolute atomic E-state index is 0.101. The fourth-order valence-corrected chi connectivity index (χ4v) is 3.75. The summed E-state index contributed by atoms with van der Waals surface area (Å²) in [6.07, 6.45) is 0. The minimum atomic E-state index is -1.04. The summed E-state index contributed by atoms with van der Waals surface area (Å²) in [5.41, 5.74) is 2.44. The molecular formula is C24H20ClFN2O4. The van der Waals surface area contributed by atoms with Gasteiger partial charge in [0.2, 0.25) is 0 Å². The van der Waals surface area contributed by atoms with Gasteiger partial charge >= 0.3 is 5.97 Å². The summed E-state index contributed by atoms with van der Waals surface area (Å²) in [5, 5.41) is 9.52. The van der Waals surface area contributed by atoms with Gasteiger partial charge in [-0.3, -0.25) is 4.79 Å². The quantitative estimate of drug-likeness (QED) is 0.545. The van der Waals surface area contributed by atoms with E-state index in [1.54, 1.807) is 36.4 Å². The van der Waals surface area contributed by atoms with Crippen LogP contribution in [0, 0.1) is 0 Å². The molecule has 3 aromatic carbocycles. The zero-order valence-electron chi connectivity index (χ0n) is 17.0. The molecule has 0 spiro atoms. The molecule has 1 aliphatic rings. The molecule has 3 aromatic rings. The van der Waals surface area contributed by atoms with Crippen LogP contribution in [-0.2, 0) is 4.74 Å². The number of aromatic carboxylic acids is 1. The summed E-state index contributed by atoms with van der Waals surface area (Å²) in [5.74, 6) is -1.87. The van der Waals surface area contributed by atoms with Crippen molar-refractivity contribution in [1.82, 2.24) is 0 Å². The van der Waals surface area contributed by atoms with E-state index in [0.29, 0.717) is 29.4 Å². The van der Waals surface area contributed by atoms with Crippen molar-refractivity contribution in [1.29, 1.82) is 0 Å². The van der Waals surface area contributed by atoms with E-state index in [9.17, 15) is 14.1 Å². The number of carbonyl (C=O) groups is 2. The fraction of sp³-hybridized carbons (Fsp3) is 0.167. The van der Waals surface area contributed by atoms with E-state index in [4.69, 9.17) is 21.4 Å². The van der Waals surface area contributed by atoms with Gasteiger partial charge in [-0.05, 0) is 60.2 Å². The van der Waals surface area contributed by atoms with E-state index in [2.05, 4.69) is 4.90 Å². The van der Waals surface area contributed by atoms with Crippen molar-refractivity contribution in [3.63, 3.8) is 0 Å². The molecule has 32 heavy (non-hydrogen) atoms. The topological polar surface area (TPSA) is 70.1 Å². The minimum Gasteiger partial charge on any atom is -0.478 e. The van der Waals surface area contributed by atoms with Crippen molar-refractivity contribution in [2.45, 2.75) is 0 Å². The van der Waals surface area contributed by atoms with Crippen LogP contribution < -0.4 is 10.0 Å². The molecule has 8 heteroatoms. The molecule has 1 N–H and O–H groups in total. The van der Waals surface area contributed by atoms with Crippen molar-refractivity contribution in [3.05, 3.63) is 82.9 Å². The number of benzene rings is 3. The Morgan fingerprint density at radius 2 is 1.56 bits per heavy atom. The number of rotatable bonds is 5. The van der Waals surface area contributed by atoms with Gasteiger partial charge in [0.15, 0.2) is 0 Å². The van der Waals surface area contributed by atoms with Gasteiger partial charge in [-0.15, -0.1) is 5.12 Å². The number of carboxylic acid groups (broad SMARTS) is 1. The summed E-state index contributed by atoms with van der Waals surface area (Å²) < 4.78 is 20.3. The SMILES string of the molecule is O=C(O)c1ccc(-c2cc(C(=O)N(F)c3ccc(N4CCOCC4)cc3)ccc2Cl)cc1. The molecule has 0 atom stereocenters. The highest BCUT2D eigenvalue weighted by molar-refractivity contribution is 6.33. The monoisotopic (exact) mass is 454 g/mol. The van der Waals surface area contributed by atoms with E-state index in [-0.39, 0.29) is 21.9 Å². The molecule has 0 unspecified atom stereocenters. The molecule has 1 heterocycles. The Morgan fingerprint density at radius 3 is 2.19 bits per heavy atom. The van der Waals surface area contributed by atoms with Crippen LogP contribution in [0.1, 0.15) is 20.7 Å². The average Bonchev–Trinajstić information content (AvgIpc) is 2.84. The number of morpholine rings is 1. The molecule has 1 fully saturated rings. The molecule has 1 amide bonds. The summed E-state index contributed by atoms with van der Waals surface area (Å²) in [6.45, 7) is 2.82. The van der Waals surface area contributed by atoms with Crippen LogP contribution in [0.4, 0.5) is 15.9 Å². The first-order valence-electron chi connectivity index (χ1n) is 10.0. The first-order chi connectivity index (χ1) is 15.4. The van der Waals surface area contributed by atoms with Crippen molar-refractivity contribution in [3.8, 4) is 11.1 Å². The van der Waals surface area contributed by atoms with Gasteiger partial charge in [0, 0.05) is 34.9 Å². The third kappa shape index (κ3) is 4.59. The second-order valence-corrected chi connectivity index (χ2v) is 7.69. The molecule has 0 saturated carbocycles. The summed E-state index contributed by atoms with van der Waals surface area (Å²) >= 11 is 6.28. The first-order valence-corrected chi connectivity index (χ1v) is 10.4. The smallest absolute Gasteiger partial charge is 0.335 e. The Balaban J connectivity index is 1.55. The van der Waals surface area contributed by atoms with Crippen molar-refractivity contribution >= 4 is 34.9 Å². The molecule has 0 bridgehead atoms. The van der Waals surface area contributed by atoms with Crippen LogP contribution in [-0.4, -0.2) is 43.3 Å². The fourth-order valence-electron chi connectivity index (χ4n) is 3.52. The lowest BCUT2D eigenvalue weighted by Gasteiger charge is -2.29. The van der Waals surface area contributed by atoms with E-state index in [0.717, 1.165) is 18.8 Å². The molecule has 164 valence electrons. The van der Waals surface area contributed by atoms with Crippen LogP contribution in [0.3, 0.4) is 0 Å². The Labute approximate surface area is 189 Å². The lowest BCUT2D eigenvalue weighted by Crippen LogP contribution is -2.36. The number of nitrogens with zero attached hydrogens (tertiary/aromatic N) is 2. The molecule has 0 aromatic heterocycles. The number of carboxylic acids is 1. The van der Waals surface area contributed by atoms with Crippen LogP contribution in [0.15, 0.2) is 66.7 Å². The molecular weight excluding hydrogens is 435 g/mol. The number of carbonyl (C=O) groups excluding carboxylic acids is 1. The van der Waals surface area contributed by atoms with Gasteiger partial charge in [-0.2, -0.15) is 0 Å². The summed E-state index contributed by atoms with van der Waals surface area (Å²) in [6, 6.07) is 17.2. The normalized spacial score (nSPS) is 13.6. The number of halogens is 2. The molecule has 1 saturated heterocycles. The maximum atomic E-state index is 14.9. The predicted octanol–water partition coefficient (Wildman–Crippen LogP) is 5.07. The van der Waals surface area contributed by atoms with Crippen molar-refractivity contribution < 1.29 is 23.9 Å². The van der Waals surface area contributed by atoms with Crippen LogP contribution in [0.5, 0.6) is 0 Å². The Morgan fingerprint density at radius 1 is 0.938 bits per heavy atom. The third-order valence-electron chi connectivity index (χ3n) is 5.29. The molecule has 4 rings (SSSR count). The highest BCUT2D eigenvalue weighted by Crippen LogP contribution is 2.31. The number of anilines is 2. The Bertz CT molecular complexity index is 1130. The number of hydrogen-bond acceptors (Lipinski definition) is 4. The molecule has 0 aliphatic carbocycles. The number of hydrogen-bond donors (Lipinski definition) is 1. The standard InChI is InChI=1S/C24H20ClFN2O4/c25-22-10-5-18(15-21(22)16-1-3-17(4-2-16)24(30)31)23(29)28(26)20-8-6-19(7-9-20)27-11-13-32-14-12-27/h1-10,15H,11-14H2,(H,30,31). The van der Waals surface area contributed by atoms with E-state index in [1.165, 1.54) is 30.3 Å². The second kappa shape index (κ2) is 9.38. The van der Waals surface area contributed by atoms with Crippen LogP contribution >= 0.6 is 11.6 Å². The van der Waals surface area contributed by atoms with Gasteiger partial charge in [0.1, 0.15) is 0 Å². The summed E-state index contributed by atoms with van der Waals surface area (Å²) in [4.78, 5) is 26.0. The van der Waals surface area contributed by atoms with Gasteiger partial charge in [0.25, 0.3) is 5.91 Å². The Hall–Kier alpha value is -3.42. The predicted molar refractivity (Wildman–Crippen MR) is 121 cm³/mol.